The first-order valence-electron chi connectivity index (χ1n) is 14.1. The molecule has 3 N–H and O–H groups in total. The lowest BCUT2D eigenvalue weighted by atomic mass is 10.1. The maximum atomic E-state index is 12.7. The standard InChI is InChI=1S/C31H37BrN6O4/c1-3-5-6-11-28(39)34-26-19-24-25(35-31(33)36-30(24)22-9-7-10-23(32)18-22)20-27(26)42-17-8-12-37-13-15-38(16-14-37)21-29(40)41-4-2/h3,5-7,9-11,18-20H,4,8,12-17,21H2,1-2H3,(H,34,39)(H2,33,35,36). The SMILES string of the molecule is CC=CC=CC(=O)Nc1cc2c(-c3cccc(Br)c3)nc(N)nc2cc1OCCCN1CCN(CC(=O)OCC)CC1. The van der Waals surface area contributed by atoms with Gasteiger partial charge in [0.25, 0.3) is 0 Å². The number of hydrogen-bond donors (Lipinski definition) is 2. The number of hydrogen-bond acceptors (Lipinski definition) is 9. The fourth-order valence-corrected chi connectivity index (χ4v) is 5.11. The number of nitrogens with one attached hydrogen (secondary N) is 1. The summed E-state index contributed by atoms with van der Waals surface area (Å²) in [5, 5.41) is 3.69. The molecule has 2 aromatic carbocycles. The molecule has 0 aliphatic carbocycles. The van der Waals surface area contributed by atoms with Gasteiger partial charge < -0.3 is 25.4 Å². The Hall–Kier alpha value is -3.80. The molecule has 1 fully saturated rings. The number of allylic oxidation sites excluding steroid dienone is 3. The maximum absolute atomic E-state index is 12.7. The number of esters is 1. The summed E-state index contributed by atoms with van der Waals surface area (Å²) in [7, 11) is 0. The second-order valence-electron chi connectivity index (χ2n) is 9.81. The highest BCUT2D eigenvalue weighted by Crippen LogP contribution is 2.35. The molecule has 42 heavy (non-hydrogen) atoms. The summed E-state index contributed by atoms with van der Waals surface area (Å²) in [4.78, 5) is 37.9. The van der Waals surface area contributed by atoms with Crippen LogP contribution in [0.5, 0.6) is 5.75 Å². The van der Waals surface area contributed by atoms with Crippen LogP contribution in [-0.4, -0.2) is 84.1 Å². The number of rotatable bonds is 12. The van der Waals surface area contributed by atoms with E-state index in [0.29, 0.717) is 42.4 Å². The number of piperazine rings is 1. The molecule has 1 amide bonds. The molecule has 0 atom stereocenters. The minimum Gasteiger partial charge on any atom is -0.491 e. The Morgan fingerprint density at radius 1 is 1.10 bits per heavy atom. The molecule has 1 aromatic heterocycles. The van der Waals surface area contributed by atoms with Crippen molar-refractivity contribution in [2.75, 3.05) is 63.5 Å². The highest BCUT2D eigenvalue weighted by Gasteiger charge is 2.20. The first kappa shape index (κ1) is 31.1. The van der Waals surface area contributed by atoms with Crippen molar-refractivity contribution in [3.63, 3.8) is 0 Å². The normalized spacial score (nSPS) is 14.5. The largest absolute Gasteiger partial charge is 0.491 e. The molecule has 1 saturated heterocycles. The third-order valence-corrected chi connectivity index (χ3v) is 7.21. The summed E-state index contributed by atoms with van der Waals surface area (Å²) in [5.41, 5.74) is 8.76. The van der Waals surface area contributed by atoms with Crippen molar-refractivity contribution >= 4 is 50.3 Å². The number of nitrogens with two attached hydrogens (primary N) is 1. The number of benzene rings is 2. The highest BCUT2D eigenvalue weighted by molar-refractivity contribution is 9.10. The second kappa shape index (κ2) is 15.4. The Labute approximate surface area is 254 Å². The van der Waals surface area contributed by atoms with Crippen molar-refractivity contribution in [1.82, 2.24) is 19.8 Å². The number of fused-ring (bicyclic) bond motifs is 1. The molecule has 0 bridgehead atoms. The van der Waals surface area contributed by atoms with Crippen LogP contribution in [0.2, 0.25) is 0 Å². The molecule has 0 radical (unpaired) electrons. The molecule has 11 heteroatoms. The Morgan fingerprint density at radius 2 is 1.88 bits per heavy atom. The van der Waals surface area contributed by atoms with Crippen LogP contribution in [0.3, 0.4) is 0 Å². The molecule has 10 nitrogen and oxygen atoms in total. The van der Waals surface area contributed by atoms with Gasteiger partial charge in [0.1, 0.15) is 5.75 Å². The van der Waals surface area contributed by atoms with E-state index in [-0.39, 0.29) is 17.8 Å². The van der Waals surface area contributed by atoms with Crippen molar-refractivity contribution in [2.24, 2.45) is 0 Å². The smallest absolute Gasteiger partial charge is 0.320 e. The molecule has 3 aromatic rings. The van der Waals surface area contributed by atoms with Gasteiger partial charge in [-0.15, -0.1) is 0 Å². The van der Waals surface area contributed by atoms with Gasteiger partial charge in [0.2, 0.25) is 11.9 Å². The zero-order valence-corrected chi connectivity index (χ0v) is 25.6. The van der Waals surface area contributed by atoms with Crippen LogP contribution in [-0.2, 0) is 14.3 Å². The summed E-state index contributed by atoms with van der Waals surface area (Å²) in [6.07, 6.45) is 7.57. The van der Waals surface area contributed by atoms with E-state index in [4.69, 9.17) is 15.2 Å². The lowest BCUT2D eigenvalue weighted by Crippen LogP contribution is -2.48. The molecular formula is C31H37BrN6O4. The lowest BCUT2D eigenvalue weighted by molar-refractivity contribution is -0.144. The van der Waals surface area contributed by atoms with E-state index in [2.05, 4.69) is 41.0 Å². The summed E-state index contributed by atoms with van der Waals surface area (Å²) in [6, 6.07) is 11.4. The Kier molecular flexibility index (Phi) is 11.4. The van der Waals surface area contributed by atoms with Gasteiger partial charge in [-0.3, -0.25) is 14.5 Å². The van der Waals surface area contributed by atoms with E-state index in [1.54, 1.807) is 18.2 Å². The Morgan fingerprint density at radius 3 is 2.62 bits per heavy atom. The third kappa shape index (κ3) is 8.85. The van der Waals surface area contributed by atoms with Crippen LogP contribution in [0.25, 0.3) is 22.2 Å². The van der Waals surface area contributed by atoms with Crippen LogP contribution >= 0.6 is 15.9 Å². The van der Waals surface area contributed by atoms with Gasteiger partial charge in [0, 0.05) is 60.3 Å². The van der Waals surface area contributed by atoms with Crippen molar-refractivity contribution in [2.45, 2.75) is 20.3 Å². The van der Waals surface area contributed by atoms with E-state index >= 15 is 0 Å². The number of nitrogens with zero attached hydrogens (tertiary/aromatic N) is 4. The summed E-state index contributed by atoms with van der Waals surface area (Å²) in [6.45, 7) is 9.15. The van der Waals surface area contributed by atoms with Gasteiger partial charge >= 0.3 is 5.97 Å². The number of ether oxygens (including phenoxy) is 2. The van der Waals surface area contributed by atoms with Crippen molar-refractivity contribution in [3.8, 4) is 17.0 Å². The number of aromatic nitrogens is 2. The Balaban J connectivity index is 1.48. The molecule has 1 aliphatic rings. The van der Waals surface area contributed by atoms with Gasteiger partial charge in [-0.05, 0) is 38.5 Å². The van der Waals surface area contributed by atoms with E-state index in [1.165, 1.54) is 6.08 Å². The number of carbonyl (C=O) groups is 2. The van der Waals surface area contributed by atoms with Crippen molar-refractivity contribution in [3.05, 3.63) is 65.2 Å². The molecular weight excluding hydrogens is 600 g/mol. The van der Waals surface area contributed by atoms with Gasteiger partial charge in [0.05, 0.1) is 36.7 Å². The molecule has 222 valence electrons. The third-order valence-electron chi connectivity index (χ3n) is 6.72. The predicted molar refractivity (Wildman–Crippen MR) is 169 cm³/mol. The Bertz CT molecular complexity index is 1450. The quantitative estimate of drug-likeness (QED) is 0.126. The fraction of sp³-hybridized carbons (Fsp3) is 0.355. The lowest BCUT2D eigenvalue weighted by Gasteiger charge is -2.34. The van der Waals surface area contributed by atoms with E-state index in [0.717, 1.165) is 54.6 Å². The number of anilines is 2. The number of carbonyl (C=O) groups excluding carboxylic acids is 2. The van der Waals surface area contributed by atoms with Gasteiger partial charge in [-0.2, -0.15) is 0 Å². The molecule has 0 saturated carbocycles. The topological polar surface area (TPSA) is 123 Å². The van der Waals surface area contributed by atoms with Crippen LogP contribution in [0.4, 0.5) is 11.6 Å². The zero-order chi connectivity index (χ0) is 29.9. The van der Waals surface area contributed by atoms with Gasteiger partial charge in [0.15, 0.2) is 0 Å². The maximum Gasteiger partial charge on any atom is 0.320 e. The highest BCUT2D eigenvalue weighted by atomic mass is 79.9. The molecule has 0 unspecified atom stereocenters. The summed E-state index contributed by atoms with van der Waals surface area (Å²) in [5.74, 6) is 0.202. The first-order valence-corrected chi connectivity index (χ1v) is 14.9. The second-order valence-corrected chi connectivity index (χ2v) is 10.7. The van der Waals surface area contributed by atoms with Crippen molar-refractivity contribution < 1.29 is 19.1 Å². The van der Waals surface area contributed by atoms with Gasteiger partial charge in [-0.1, -0.05) is 46.3 Å². The van der Waals surface area contributed by atoms with Crippen LogP contribution < -0.4 is 15.8 Å². The molecule has 2 heterocycles. The number of nitrogen functional groups attached to an aromatic ring is 1. The first-order chi connectivity index (χ1) is 20.4. The summed E-state index contributed by atoms with van der Waals surface area (Å²) >= 11 is 3.52. The zero-order valence-electron chi connectivity index (χ0n) is 24.0. The van der Waals surface area contributed by atoms with E-state index in [9.17, 15) is 9.59 Å². The minimum atomic E-state index is -0.279. The van der Waals surface area contributed by atoms with E-state index in [1.807, 2.05) is 50.3 Å². The molecule has 1 aliphatic heterocycles. The minimum absolute atomic E-state index is 0.150. The van der Waals surface area contributed by atoms with Gasteiger partial charge in [-0.25, -0.2) is 9.97 Å². The van der Waals surface area contributed by atoms with Crippen LogP contribution in [0.1, 0.15) is 20.3 Å². The average Bonchev–Trinajstić information content (AvgIpc) is 2.96. The molecule has 0 spiro atoms. The summed E-state index contributed by atoms with van der Waals surface area (Å²) < 4.78 is 12.2. The monoisotopic (exact) mass is 636 g/mol. The van der Waals surface area contributed by atoms with Crippen molar-refractivity contribution in [1.29, 1.82) is 0 Å². The van der Waals surface area contributed by atoms with E-state index < -0.39 is 0 Å². The molecule has 4 rings (SSSR count). The number of halogens is 1. The van der Waals surface area contributed by atoms with Crippen LogP contribution in [0, 0.1) is 0 Å². The fourth-order valence-electron chi connectivity index (χ4n) is 4.71. The number of amides is 1. The van der Waals surface area contributed by atoms with Crippen LogP contribution in [0.15, 0.2) is 65.2 Å². The average molecular weight is 638 g/mol. The predicted octanol–water partition coefficient (Wildman–Crippen LogP) is 4.66.